The second kappa shape index (κ2) is 13.3. The van der Waals surface area contributed by atoms with Crippen LogP contribution in [0, 0.1) is 17.5 Å². The Bertz CT molecular complexity index is 3120. The highest BCUT2D eigenvalue weighted by molar-refractivity contribution is 5.97. The first-order valence-electron chi connectivity index (χ1n) is 18.0. The van der Waals surface area contributed by atoms with Crippen molar-refractivity contribution >= 4 is 22.1 Å². The smallest absolute Gasteiger partial charge is 0.238 e. The Morgan fingerprint density at radius 2 is 1.35 bits per heavy atom. The van der Waals surface area contributed by atoms with Crippen LogP contribution in [-0.4, -0.2) is 53.7 Å². The van der Waals surface area contributed by atoms with E-state index in [4.69, 9.17) is 9.97 Å². The van der Waals surface area contributed by atoms with E-state index in [1.54, 1.807) is 63.1 Å². The van der Waals surface area contributed by atoms with Gasteiger partial charge in [-0.25, -0.2) is 23.1 Å². The number of nitrogens with one attached hydrogen (secondary N) is 1. The Morgan fingerprint density at radius 1 is 0.614 bits per heavy atom. The van der Waals surface area contributed by atoms with Gasteiger partial charge in [-0.2, -0.15) is 15.3 Å². The Kier molecular flexibility index (Phi) is 7.95. The van der Waals surface area contributed by atoms with Crippen molar-refractivity contribution in [1.82, 2.24) is 53.7 Å². The summed E-state index contributed by atoms with van der Waals surface area (Å²) >= 11 is 0. The lowest BCUT2D eigenvalue weighted by molar-refractivity contribution is -0.799. The minimum Gasteiger partial charge on any atom is -0.346 e. The van der Waals surface area contributed by atoms with Crippen LogP contribution in [0.2, 0.25) is 0 Å². The number of halogens is 3. The molecule has 12 nitrogen and oxygen atoms in total. The van der Waals surface area contributed by atoms with E-state index in [9.17, 15) is 13.2 Å². The predicted molar refractivity (Wildman–Crippen MR) is 207 cm³/mol. The van der Waals surface area contributed by atoms with Crippen LogP contribution in [0.4, 0.5) is 13.2 Å². The Hall–Kier alpha value is -7.55. The molecule has 0 radical (unpaired) electrons. The molecule has 2 aromatic carbocycles. The summed E-state index contributed by atoms with van der Waals surface area (Å²) in [7, 11) is 3.73. The van der Waals surface area contributed by atoms with E-state index in [-0.39, 0.29) is 18.9 Å². The summed E-state index contributed by atoms with van der Waals surface area (Å²) in [6, 6.07) is 14.7. The van der Waals surface area contributed by atoms with E-state index in [1.165, 1.54) is 12.1 Å². The molecule has 8 heterocycles. The molecule has 10 rings (SSSR count). The predicted octanol–water partition coefficient (Wildman–Crippen LogP) is 7.16. The number of aryl methyl sites for hydroxylation is 2. The summed E-state index contributed by atoms with van der Waals surface area (Å²) in [5.74, 6) is -2.15. The van der Waals surface area contributed by atoms with Gasteiger partial charge in [0.05, 0.1) is 43.1 Å². The van der Waals surface area contributed by atoms with Gasteiger partial charge in [-0.3, -0.25) is 14.0 Å². The maximum atomic E-state index is 14.6. The Balaban J connectivity index is 1.15. The molecule has 0 spiro atoms. The van der Waals surface area contributed by atoms with Crippen molar-refractivity contribution < 1.29 is 18.0 Å². The zero-order valence-electron chi connectivity index (χ0n) is 30.6. The average molecular weight is 762 g/mol. The molecule has 0 aliphatic carbocycles. The second-order valence-corrected chi connectivity index (χ2v) is 14.0. The maximum absolute atomic E-state index is 14.6. The van der Waals surface area contributed by atoms with Crippen LogP contribution in [-0.2, 0) is 27.2 Å². The lowest BCUT2D eigenvalue weighted by Gasteiger charge is -2.05. The van der Waals surface area contributed by atoms with E-state index in [0.29, 0.717) is 22.4 Å². The number of hydrogen-bond acceptors (Lipinski definition) is 5. The number of hydrogen-bond donors (Lipinski definition) is 1. The van der Waals surface area contributed by atoms with Crippen molar-refractivity contribution in [2.75, 3.05) is 0 Å². The van der Waals surface area contributed by atoms with Crippen LogP contribution in [0.15, 0.2) is 129 Å². The molecule has 280 valence electrons. The van der Waals surface area contributed by atoms with E-state index >= 15 is 0 Å². The van der Waals surface area contributed by atoms with Gasteiger partial charge in [-0.15, -0.1) is 4.68 Å². The molecule has 0 aliphatic heterocycles. The lowest BCUT2D eigenvalue weighted by Crippen LogP contribution is -2.48. The quantitative estimate of drug-likeness (QED) is 0.157. The molecule has 0 aliphatic rings. The highest BCUT2D eigenvalue weighted by atomic mass is 19.2. The van der Waals surface area contributed by atoms with E-state index in [0.717, 1.165) is 61.3 Å². The standard InChI is InChI=1S/C42H32F3N12/c1-52-19-30(14-49-52)28-10-34-36(17-47-41(34)46-12-28)33-23-55(18-26-7-8-39(44)40(45)9-26)57(24-33)56-25-37(32-16-51-54(22-32)21-27-5-3-4-6-38(27)43)35-11-29(13-48-42(35)56)31-15-50-53(2)20-31/h3-17,19-20,22-25H,18,21H2,1-2H3,(H,46,47)/q+1. The number of pyridine rings is 2. The van der Waals surface area contributed by atoms with Crippen molar-refractivity contribution in [3.63, 3.8) is 0 Å². The van der Waals surface area contributed by atoms with Gasteiger partial charge in [0, 0.05) is 111 Å². The monoisotopic (exact) mass is 761 g/mol. The molecule has 10 aromatic rings. The fourth-order valence-electron chi connectivity index (χ4n) is 7.29. The topological polar surface area (TPSA) is 109 Å². The highest BCUT2D eigenvalue weighted by Gasteiger charge is 2.26. The number of fused-ring (bicyclic) bond motifs is 2. The molecule has 0 amide bonds. The fraction of sp³-hybridized carbons (Fsp3) is 0.0952. The number of rotatable bonds is 9. The zero-order valence-corrected chi connectivity index (χ0v) is 30.6. The van der Waals surface area contributed by atoms with Crippen LogP contribution in [0.3, 0.4) is 0 Å². The highest BCUT2D eigenvalue weighted by Crippen LogP contribution is 2.34. The number of H-pyrrole nitrogens is 1. The molecule has 0 fully saturated rings. The lowest BCUT2D eigenvalue weighted by atomic mass is 10.1. The molecule has 8 aromatic heterocycles. The van der Waals surface area contributed by atoms with Crippen molar-refractivity contribution in [3.8, 4) is 44.5 Å². The van der Waals surface area contributed by atoms with Gasteiger partial charge in [0.25, 0.3) is 0 Å². The third-order valence-electron chi connectivity index (χ3n) is 10.1. The number of nitrogens with zero attached hydrogens (tertiary/aromatic N) is 11. The number of aromatic amines is 1. The van der Waals surface area contributed by atoms with Crippen molar-refractivity contribution in [2.24, 2.45) is 14.1 Å². The van der Waals surface area contributed by atoms with E-state index < -0.39 is 11.6 Å². The van der Waals surface area contributed by atoms with Gasteiger partial charge in [0.15, 0.2) is 11.6 Å². The molecule has 0 saturated carbocycles. The van der Waals surface area contributed by atoms with Crippen LogP contribution in [0.25, 0.3) is 66.6 Å². The molecular weight excluding hydrogens is 730 g/mol. The molecule has 0 saturated heterocycles. The van der Waals surface area contributed by atoms with Gasteiger partial charge in [-0.1, -0.05) is 28.9 Å². The van der Waals surface area contributed by atoms with Crippen molar-refractivity contribution in [2.45, 2.75) is 13.1 Å². The minimum absolute atomic E-state index is 0.197. The average Bonchev–Trinajstić information content (AvgIpc) is 4.07. The third kappa shape index (κ3) is 6.14. The van der Waals surface area contributed by atoms with Gasteiger partial charge < -0.3 is 4.98 Å². The summed E-state index contributed by atoms with van der Waals surface area (Å²) in [5, 5.41) is 15.0. The minimum atomic E-state index is -0.928. The summed E-state index contributed by atoms with van der Waals surface area (Å²) in [4.78, 5) is 14.9. The van der Waals surface area contributed by atoms with E-state index in [1.807, 2.05) is 77.8 Å². The summed E-state index contributed by atoms with van der Waals surface area (Å²) in [6.45, 7) is 0.448. The molecule has 15 heteroatoms. The SMILES string of the molecule is Cn1cc(-c2cnc3[nH]cc(-c4cn(Cc5ccc(F)c(F)c5)[n+](-n5cc(-c6cnn(Cc7ccccc7F)c6)c6cc(-c7cnn(C)c7)cnc65)c4)c3c2)cn1. The van der Waals surface area contributed by atoms with Gasteiger partial charge in [0.2, 0.25) is 11.8 Å². The first kappa shape index (κ1) is 34.0. The van der Waals surface area contributed by atoms with Gasteiger partial charge in [0.1, 0.15) is 18.0 Å². The van der Waals surface area contributed by atoms with Crippen LogP contribution in [0.1, 0.15) is 11.1 Å². The zero-order chi connectivity index (χ0) is 38.8. The third-order valence-corrected chi connectivity index (χ3v) is 10.1. The molecule has 0 atom stereocenters. The van der Waals surface area contributed by atoms with Gasteiger partial charge in [-0.05, 0) is 35.9 Å². The number of benzene rings is 2. The maximum Gasteiger partial charge on any atom is 0.238 e. The first-order valence-corrected chi connectivity index (χ1v) is 18.0. The van der Waals surface area contributed by atoms with Crippen molar-refractivity contribution in [1.29, 1.82) is 0 Å². The molecule has 0 unspecified atom stereocenters. The fourth-order valence-corrected chi connectivity index (χ4v) is 7.29. The normalized spacial score (nSPS) is 11.7. The second-order valence-electron chi connectivity index (χ2n) is 14.0. The summed E-state index contributed by atoms with van der Waals surface area (Å²) in [5.41, 5.74) is 9.38. The first-order chi connectivity index (χ1) is 27.7. The van der Waals surface area contributed by atoms with Crippen LogP contribution < -0.4 is 4.79 Å². The number of aromatic nitrogens is 12. The van der Waals surface area contributed by atoms with Gasteiger partial charge >= 0.3 is 0 Å². The molecule has 1 N–H and O–H groups in total. The molecular formula is C42H32F3N12+. The van der Waals surface area contributed by atoms with E-state index in [2.05, 4.69) is 32.4 Å². The van der Waals surface area contributed by atoms with Crippen LogP contribution in [0.5, 0.6) is 0 Å². The molecule has 57 heavy (non-hydrogen) atoms. The Morgan fingerprint density at radius 3 is 2.09 bits per heavy atom. The van der Waals surface area contributed by atoms with Crippen molar-refractivity contribution in [3.05, 3.63) is 158 Å². The summed E-state index contributed by atoms with van der Waals surface area (Å²) < 4.78 is 52.3. The largest absolute Gasteiger partial charge is 0.346 e. The Labute approximate surface area is 322 Å². The summed E-state index contributed by atoms with van der Waals surface area (Å²) in [6.07, 6.45) is 22.5. The molecule has 0 bridgehead atoms. The van der Waals surface area contributed by atoms with Crippen LogP contribution >= 0.6 is 0 Å².